The first-order chi connectivity index (χ1) is 24.1. The van der Waals surface area contributed by atoms with Crippen LogP contribution in [0.15, 0.2) is 144 Å². The van der Waals surface area contributed by atoms with Crippen molar-refractivity contribution in [2.75, 3.05) is 17.4 Å². The second-order valence-corrected chi connectivity index (χ2v) is 14.4. The molecule has 0 saturated heterocycles. The first-order valence-electron chi connectivity index (χ1n) is 16.7. The van der Waals surface area contributed by atoms with Crippen LogP contribution in [0.3, 0.4) is 0 Å². The number of nitrogens with zero attached hydrogens (tertiary/aromatic N) is 2. The van der Waals surface area contributed by atoms with E-state index in [0.29, 0.717) is 18.0 Å². The fourth-order valence-electron chi connectivity index (χ4n) is 5.50. The Morgan fingerprint density at radius 1 is 0.720 bits per heavy atom. The molecule has 0 radical (unpaired) electrons. The summed E-state index contributed by atoms with van der Waals surface area (Å²) in [6, 6.07) is 40.2. The second-order valence-electron chi connectivity index (χ2n) is 12.5. The topological polar surface area (TPSA) is 96.0 Å². The monoisotopic (exact) mass is 689 g/mol. The number of aryl methyl sites for hydroxylation is 1. The van der Waals surface area contributed by atoms with Crippen molar-refractivity contribution in [2.45, 2.75) is 44.7 Å². The third kappa shape index (κ3) is 9.39. The van der Waals surface area contributed by atoms with Gasteiger partial charge in [-0.05, 0) is 78.1 Å². The largest absolute Gasteiger partial charge is 0.457 e. The summed E-state index contributed by atoms with van der Waals surface area (Å²) in [6.45, 7) is 5.97. The van der Waals surface area contributed by atoms with Gasteiger partial charge >= 0.3 is 0 Å². The molecular weight excluding hydrogens is 647 g/mol. The average Bonchev–Trinajstić information content (AvgIpc) is 3.13. The Morgan fingerprint density at radius 3 is 1.90 bits per heavy atom. The highest BCUT2D eigenvalue weighted by molar-refractivity contribution is 7.92. The molecular formula is C41H43N3O5S. The van der Waals surface area contributed by atoms with Crippen LogP contribution in [0, 0.1) is 12.8 Å². The lowest BCUT2D eigenvalue weighted by Crippen LogP contribution is -2.53. The summed E-state index contributed by atoms with van der Waals surface area (Å²) in [4.78, 5) is 30.3. The number of carbonyl (C=O) groups excluding carboxylic acids is 2. The first kappa shape index (κ1) is 35.9. The Kier molecular flexibility index (Phi) is 12.1. The Bertz CT molecular complexity index is 1950. The maximum atomic E-state index is 14.7. The molecule has 5 rings (SSSR count). The minimum atomic E-state index is -4.22. The first-order valence-corrected chi connectivity index (χ1v) is 18.1. The van der Waals surface area contributed by atoms with E-state index in [1.807, 2.05) is 106 Å². The van der Waals surface area contributed by atoms with Gasteiger partial charge in [0.05, 0.1) is 10.6 Å². The highest BCUT2D eigenvalue weighted by Crippen LogP contribution is 2.29. The summed E-state index contributed by atoms with van der Waals surface area (Å²) in [5.41, 5.74) is 2.97. The number of para-hydroxylation sites is 1. The fraction of sp³-hybridized carbons (Fsp3) is 0.220. The number of sulfonamides is 1. The number of anilines is 1. The Morgan fingerprint density at radius 2 is 1.28 bits per heavy atom. The van der Waals surface area contributed by atoms with Gasteiger partial charge in [-0.15, -0.1) is 0 Å². The van der Waals surface area contributed by atoms with Crippen molar-refractivity contribution in [1.82, 2.24) is 10.2 Å². The fourth-order valence-corrected chi connectivity index (χ4v) is 6.94. The van der Waals surface area contributed by atoms with Crippen molar-refractivity contribution >= 4 is 27.5 Å². The lowest BCUT2D eigenvalue weighted by molar-refractivity contribution is -0.140. The molecule has 5 aromatic carbocycles. The molecule has 0 saturated carbocycles. The number of hydrogen-bond acceptors (Lipinski definition) is 5. The van der Waals surface area contributed by atoms with Gasteiger partial charge in [0.1, 0.15) is 24.1 Å². The molecule has 0 bridgehead atoms. The SMILES string of the molecule is Cc1ccccc1CN(C(=O)CN(c1ccc(Oc2ccccc2)cc1)S(=O)(=O)c1ccccc1)[C@H](Cc1ccccc1)C(=O)NCC(C)C. The summed E-state index contributed by atoms with van der Waals surface area (Å²) in [7, 11) is -4.22. The van der Waals surface area contributed by atoms with Crippen LogP contribution in [0.25, 0.3) is 0 Å². The minimum absolute atomic E-state index is 0.0402. The summed E-state index contributed by atoms with van der Waals surface area (Å²) in [5.74, 6) is 0.519. The number of benzene rings is 5. The van der Waals surface area contributed by atoms with Gasteiger partial charge in [-0.25, -0.2) is 8.42 Å². The predicted molar refractivity (Wildman–Crippen MR) is 197 cm³/mol. The zero-order chi connectivity index (χ0) is 35.5. The molecule has 0 unspecified atom stereocenters. The molecule has 1 atom stereocenters. The van der Waals surface area contributed by atoms with Crippen LogP contribution in [0.1, 0.15) is 30.5 Å². The molecule has 0 spiro atoms. The Balaban J connectivity index is 1.55. The molecule has 9 heteroatoms. The van der Waals surface area contributed by atoms with Crippen molar-refractivity contribution in [3.05, 3.63) is 156 Å². The van der Waals surface area contributed by atoms with Crippen LogP contribution < -0.4 is 14.4 Å². The van der Waals surface area contributed by atoms with E-state index in [1.165, 1.54) is 17.0 Å². The summed E-state index contributed by atoms with van der Waals surface area (Å²) in [6.07, 6.45) is 0.249. The van der Waals surface area contributed by atoms with Crippen LogP contribution >= 0.6 is 0 Å². The van der Waals surface area contributed by atoms with Crippen LogP contribution in [0.2, 0.25) is 0 Å². The van der Waals surface area contributed by atoms with E-state index in [4.69, 9.17) is 4.74 Å². The van der Waals surface area contributed by atoms with Gasteiger partial charge in [0.2, 0.25) is 11.8 Å². The predicted octanol–water partition coefficient (Wildman–Crippen LogP) is 7.39. The highest BCUT2D eigenvalue weighted by atomic mass is 32.2. The van der Waals surface area contributed by atoms with E-state index in [9.17, 15) is 18.0 Å². The van der Waals surface area contributed by atoms with Crippen molar-refractivity contribution in [3.8, 4) is 11.5 Å². The van der Waals surface area contributed by atoms with Crippen molar-refractivity contribution in [1.29, 1.82) is 0 Å². The number of ether oxygens (including phenoxy) is 1. The summed E-state index contributed by atoms with van der Waals surface area (Å²) < 4.78 is 35.6. The van der Waals surface area contributed by atoms with Crippen molar-refractivity contribution in [3.63, 3.8) is 0 Å². The summed E-state index contributed by atoms with van der Waals surface area (Å²) in [5, 5.41) is 3.03. The average molecular weight is 690 g/mol. The van der Waals surface area contributed by atoms with Crippen LogP contribution in [0.5, 0.6) is 11.5 Å². The number of rotatable bonds is 15. The van der Waals surface area contributed by atoms with E-state index in [0.717, 1.165) is 21.0 Å². The molecule has 50 heavy (non-hydrogen) atoms. The third-order valence-electron chi connectivity index (χ3n) is 8.27. The third-order valence-corrected chi connectivity index (χ3v) is 10.1. The molecule has 258 valence electrons. The van der Waals surface area contributed by atoms with Crippen LogP contribution in [-0.4, -0.2) is 44.3 Å². The van der Waals surface area contributed by atoms with E-state index in [2.05, 4.69) is 5.32 Å². The molecule has 0 fully saturated rings. The van der Waals surface area contributed by atoms with E-state index in [-0.39, 0.29) is 35.4 Å². The molecule has 8 nitrogen and oxygen atoms in total. The van der Waals surface area contributed by atoms with Gasteiger partial charge in [0.15, 0.2) is 0 Å². The quantitative estimate of drug-likeness (QED) is 0.124. The van der Waals surface area contributed by atoms with Gasteiger partial charge in [-0.2, -0.15) is 0 Å². The van der Waals surface area contributed by atoms with Crippen molar-refractivity contribution < 1.29 is 22.7 Å². The molecule has 0 heterocycles. The molecule has 0 aliphatic rings. The zero-order valence-electron chi connectivity index (χ0n) is 28.6. The number of carbonyl (C=O) groups is 2. The van der Waals surface area contributed by atoms with Crippen LogP contribution in [-0.2, 0) is 32.6 Å². The zero-order valence-corrected chi connectivity index (χ0v) is 29.4. The highest BCUT2D eigenvalue weighted by Gasteiger charge is 2.35. The van der Waals surface area contributed by atoms with Gasteiger partial charge < -0.3 is 15.0 Å². The molecule has 5 aromatic rings. The van der Waals surface area contributed by atoms with Gasteiger partial charge in [-0.1, -0.05) is 105 Å². The van der Waals surface area contributed by atoms with E-state index >= 15 is 0 Å². The maximum absolute atomic E-state index is 14.7. The Labute approximate surface area is 295 Å². The maximum Gasteiger partial charge on any atom is 0.264 e. The molecule has 0 aliphatic carbocycles. The smallest absolute Gasteiger partial charge is 0.264 e. The number of hydrogen-bond donors (Lipinski definition) is 1. The minimum Gasteiger partial charge on any atom is -0.457 e. The molecule has 2 amide bonds. The second kappa shape index (κ2) is 16.8. The number of nitrogens with one attached hydrogen (secondary N) is 1. The van der Waals surface area contributed by atoms with Crippen LogP contribution in [0.4, 0.5) is 5.69 Å². The normalized spacial score (nSPS) is 11.8. The van der Waals surface area contributed by atoms with Crippen molar-refractivity contribution in [2.24, 2.45) is 5.92 Å². The van der Waals surface area contributed by atoms with Gasteiger partial charge in [0, 0.05) is 19.5 Å². The summed E-state index contributed by atoms with van der Waals surface area (Å²) >= 11 is 0. The van der Waals surface area contributed by atoms with E-state index < -0.39 is 28.5 Å². The standard InChI is InChI=1S/C41H43N3O5S/c1-31(2)28-42-41(46)39(27-33-16-7-4-8-17-33)43(29-34-18-14-13-15-32(34)3)40(45)30-44(50(47,48)38-21-11-6-12-22-38)35-23-25-37(26-24-35)49-36-19-9-5-10-20-36/h4-26,31,39H,27-30H2,1-3H3,(H,42,46)/t39-/m1/s1. The lowest BCUT2D eigenvalue weighted by atomic mass is 10.0. The lowest BCUT2D eigenvalue weighted by Gasteiger charge is -2.34. The van der Waals surface area contributed by atoms with Gasteiger partial charge in [0.25, 0.3) is 10.0 Å². The number of amides is 2. The van der Waals surface area contributed by atoms with E-state index in [1.54, 1.807) is 42.5 Å². The molecule has 1 N–H and O–H groups in total. The molecule has 0 aliphatic heterocycles. The molecule has 0 aromatic heterocycles. The Hall–Kier alpha value is -5.41. The van der Waals surface area contributed by atoms with Gasteiger partial charge in [-0.3, -0.25) is 13.9 Å².